The number of anilines is 2. The molecule has 0 unspecified atom stereocenters. The van der Waals surface area contributed by atoms with E-state index in [0.717, 1.165) is 11.3 Å². The lowest BCUT2D eigenvalue weighted by Gasteiger charge is -2.07. The average molecular weight is 306 g/mol. The van der Waals surface area contributed by atoms with E-state index >= 15 is 0 Å². The van der Waals surface area contributed by atoms with Crippen LogP contribution in [0.2, 0.25) is 0 Å². The van der Waals surface area contributed by atoms with E-state index in [-0.39, 0.29) is 18.4 Å². The van der Waals surface area contributed by atoms with Crippen molar-refractivity contribution in [3.05, 3.63) is 59.7 Å². The summed E-state index contributed by atoms with van der Waals surface area (Å²) >= 11 is 0. The molecule has 2 rings (SSSR count). The number of guanidine groups is 1. The highest BCUT2D eigenvalue weighted by molar-refractivity contribution is 5.97. The van der Waals surface area contributed by atoms with E-state index in [1.165, 1.54) is 0 Å². The quantitative estimate of drug-likeness (QED) is 0.461. The van der Waals surface area contributed by atoms with Crippen molar-refractivity contribution >= 4 is 23.2 Å². The number of carbonyl (C=O) groups is 1. The maximum absolute atomic E-state index is 11.9. The van der Waals surface area contributed by atoms with Gasteiger partial charge in [0.1, 0.15) is 6.54 Å². The SMILES string of the molecule is C#Cc1cccc(NC(=O)CN=C(N)Nc2ccc(C)cc2)c1. The number of nitrogens with two attached hydrogens (primary N) is 1. The van der Waals surface area contributed by atoms with Crippen LogP contribution >= 0.6 is 0 Å². The Morgan fingerprint density at radius 1 is 1.17 bits per heavy atom. The third-order valence-electron chi connectivity index (χ3n) is 3.03. The molecule has 0 spiro atoms. The lowest BCUT2D eigenvalue weighted by molar-refractivity contribution is -0.114. The number of terminal acetylenes is 1. The van der Waals surface area contributed by atoms with Crippen molar-refractivity contribution in [2.75, 3.05) is 17.2 Å². The van der Waals surface area contributed by atoms with Gasteiger partial charge in [-0.25, -0.2) is 4.99 Å². The minimum absolute atomic E-state index is 0.0784. The van der Waals surface area contributed by atoms with Crippen LogP contribution in [-0.4, -0.2) is 18.4 Å². The minimum Gasteiger partial charge on any atom is -0.370 e. The number of aliphatic imine (C=N–C) groups is 1. The summed E-state index contributed by atoms with van der Waals surface area (Å²) in [5.74, 6) is 2.42. The molecule has 0 atom stereocenters. The fourth-order valence-electron chi connectivity index (χ4n) is 1.87. The smallest absolute Gasteiger partial charge is 0.246 e. The monoisotopic (exact) mass is 306 g/mol. The molecule has 0 aromatic heterocycles. The van der Waals surface area contributed by atoms with Crippen LogP contribution in [0.15, 0.2) is 53.5 Å². The molecule has 2 aromatic carbocycles. The average Bonchev–Trinajstić information content (AvgIpc) is 2.55. The van der Waals surface area contributed by atoms with E-state index in [1.54, 1.807) is 24.3 Å². The van der Waals surface area contributed by atoms with Gasteiger partial charge in [-0.3, -0.25) is 4.79 Å². The molecule has 0 saturated carbocycles. The molecule has 23 heavy (non-hydrogen) atoms. The normalized spacial score (nSPS) is 10.7. The van der Waals surface area contributed by atoms with Gasteiger partial charge in [-0.2, -0.15) is 0 Å². The Labute approximate surface area is 135 Å². The Bertz CT molecular complexity index is 757. The summed E-state index contributed by atoms with van der Waals surface area (Å²) in [6, 6.07) is 14.7. The van der Waals surface area contributed by atoms with Crippen molar-refractivity contribution in [3.63, 3.8) is 0 Å². The fourth-order valence-corrected chi connectivity index (χ4v) is 1.87. The second kappa shape index (κ2) is 7.66. The highest BCUT2D eigenvalue weighted by Crippen LogP contribution is 2.10. The molecule has 0 aliphatic carbocycles. The van der Waals surface area contributed by atoms with E-state index in [2.05, 4.69) is 21.5 Å². The van der Waals surface area contributed by atoms with Crippen LogP contribution in [0.4, 0.5) is 11.4 Å². The van der Waals surface area contributed by atoms with Crippen LogP contribution in [0.25, 0.3) is 0 Å². The summed E-state index contributed by atoms with van der Waals surface area (Å²) in [5, 5.41) is 5.65. The molecule has 0 heterocycles. The number of hydrogen-bond donors (Lipinski definition) is 3. The zero-order valence-corrected chi connectivity index (χ0v) is 12.8. The van der Waals surface area contributed by atoms with E-state index in [1.807, 2.05) is 31.2 Å². The van der Waals surface area contributed by atoms with Crippen molar-refractivity contribution in [2.24, 2.45) is 10.7 Å². The Hall–Kier alpha value is -3.26. The molecular formula is C18H18N4O. The number of hydrogen-bond acceptors (Lipinski definition) is 2. The van der Waals surface area contributed by atoms with Gasteiger partial charge in [0.25, 0.3) is 0 Å². The third kappa shape index (κ3) is 5.21. The Morgan fingerprint density at radius 2 is 1.91 bits per heavy atom. The highest BCUT2D eigenvalue weighted by Gasteiger charge is 2.02. The first kappa shape index (κ1) is 16.1. The second-order valence-electron chi connectivity index (χ2n) is 4.97. The molecule has 0 radical (unpaired) electrons. The number of nitrogens with one attached hydrogen (secondary N) is 2. The number of benzene rings is 2. The predicted molar refractivity (Wildman–Crippen MR) is 94.3 cm³/mol. The van der Waals surface area contributed by atoms with E-state index < -0.39 is 0 Å². The summed E-state index contributed by atoms with van der Waals surface area (Å²) in [7, 11) is 0. The molecule has 2 aromatic rings. The van der Waals surface area contributed by atoms with Crippen molar-refractivity contribution in [2.45, 2.75) is 6.92 Å². The van der Waals surface area contributed by atoms with Crippen LogP contribution in [-0.2, 0) is 4.79 Å². The van der Waals surface area contributed by atoms with Gasteiger partial charge in [0.2, 0.25) is 5.91 Å². The molecule has 0 aliphatic rings. The van der Waals surface area contributed by atoms with Gasteiger partial charge >= 0.3 is 0 Å². The highest BCUT2D eigenvalue weighted by atomic mass is 16.1. The maximum Gasteiger partial charge on any atom is 0.246 e. The van der Waals surface area contributed by atoms with Crippen LogP contribution < -0.4 is 16.4 Å². The predicted octanol–water partition coefficient (Wildman–Crippen LogP) is 2.34. The van der Waals surface area contributed by atoms with Crippen molar-refractivity contribution < 1.29 is 4.79 Å². The van der Waals surface area contributed by atoms with E-state index in [4.69, 9.17) is 12.2 Å². The Morgan fingerprint density at radius 3 is 2.61 bits per heavy atom. The summed E-state index contributed by atoms with van der Waals surface area (Å²) in [5.41, 5.74) is 9.07. The molecule has 1 amide bonds. The zero-order chi connectivity index (χ0) is 16.7. The van der Waals surface area contributed by atoms with Gasteiger partial charge in [0.05, 0.1) is 0 Å². The molecule has 0 bridgehead atoms. The van der Waals surface area contributed by atoms with Gasteiger partial charge in [-0.05, 0) is 37.3 Å². The first-order valence-electron chi connectivity index (χ1n) is 7.07. The van der Waals surface area contributed by atoms with Gasteiger partial charge in [0.15, 0.2) is 5.96 Å². The first-order valence-corrected chi connectivity index (χ1v) is 7.07. The van der Waals surface area contributed by atoms with E-state index in [0.29, 0.717) is 11.3 Å². The van der Waals surface area contributed by atoms with Crippen LogP contribution in [0.3, 0.4) is 0 Å². The Balaban J connectivity index is 1.89. The van der Waals surface area contributed by atoms with Crippen LogP contribution in [0, 0.1) is 19.3 Å². The number of rotatable bonds is 4. The molecule has 5 heteroatoms. The van der Waals surface area contributed by atoms with Crippen LogP contribution in [0.5, 0.6) is 0 Å². The summed E-state index contributed by atoms with van der Waals surface area (Å²) in [6.07, 6.45) is 5.32. The first-order chi connectivity index (χ1) is 11.1. The standard InChI is InChI=1S/C18H18N4O/c1-3-14-5-4-6-16(11-14)21-17(23)12-20-18(19)22-15-9-7-13(2)8-10-15/h1,4-11H,12H2,2H3,(H,21,23)(H3,19,20,22). The molecule has 4 N–H and O–H groups in total. The summed E-state index contributed by atoms with van der Waals surface area (Å²) in [4.78, 5) is 15.9. The molecule has 0 aliphatic heterocycles. The number of carbonyl (C=O) groups excluding carboxylic acids is 1. The van der Waals surface area contributed by atoms with Crippen LogP contribution in [0.1, 0.15) is 11.1 Å². The Kier molecular flexibility index (Phi) is 5.37. The molecule has 5 nitrogen and oxygen atoms in total. The van der Waals surface area contributed by atoms with Gasteiger partial charge in [-0.1, -0.05) is 29.7 Å². The minimum atomic E-state index is -0.271. The number of amides is 1. The van der Waals surface area contributed by atoms with Crippen molar-refractivity contribution in [1.29, 1.82) is 0 Å². The number of nitrogens with zero attached hydrogens (tertiary/aromatic N) is 1. The zero-order valence-electron chi connectivity index (χ0n) is 12.8. The van der Waals surface area contributed by atoms with Gasteiger partial charge in [0, 0.05) is 16.9 Å². The van der Waals surface area contributed by atoms with Crippen molar-refractivity contribution in [1.82, 2.24) is 0 Å². The largest absolute Gasteiger partial charge is 0.370 e. The van der Waals surface area contributed by atoms with Gasteiger partial charge in [-0.15, -0.1) is 6.42 Å². The third-order valence-corrected chi connectivity index (χ3v) is 3.03. The lowest BCUT2D eigenvalue weighted by Crippen LogP contribution is -2.25. The maximum atomic E-state index is 11.9. The molecule has 0 fully saturated rings. The van der Waals surface area contributed by atoms with Gasteiger partial charge < -0.3 is 16.4 Å². The summed E-state index contributed by atoms with van der Waals surface area (Å²) < 4.78 is 0. The summed E-state index contributed by atoms with van der Waals surface area (Å²) in [6.45, 7) is 1.92. The lowest BCUT2D eigenvalue weighted by atomic mass is 10.2. The number of aryl methyl sites for hydroxylation is 1. The molecular weight excluding hydrogens is 288 g/mol. The second-order valence-corrected chi connectivity index (χ2v) is 4.97. The fraction of sp³-hybridized carbons (Fsp3) is 0.111. The molecule has 0 saturated heterocycles. The molecule has 116 valence electrons. The topological polar surface area (TPSA) is 79.5 Å². The van der Waals surface area contributed by atoms with E-state index in [9.17, 15) is 4.79 Å². The van der Waals surface area contributed by atoms with Crippen molar-refractivity contribution in [3.8, 4) is 12.3 Å².